The first-order valence-electron chi connectivity index (χ1n) is 11.4. The first-order chi connectivity index (χ1) is 15.6. The number of terminal acetylenes is 1. The van der Waals surface area contributed by atoms with E-state index in [1.807, 2.05) is 6.92 Å². The highest BCUT2D eigenvalue weighted by Gasteiger charge is 2.43. The first kappa shape index (κ1) is 26.6. The van der Waals surface area contributed by atoms with Gasteiger partial charge in [-0.15, -0.1) is 6.42 Å². The van der Waals surface area contributed by atoms with E-state index in [1.54, 1.807) is 49.9 Å². The lowest BCUT2D eigenvalue weighted by molar-refractivity contribution is -0.142. The normalized spacial score (nSPS) is 15.0. The van der Waals surface area contributed by atoms with Gasteiger partial charge in [0.15, 0.2) is 0 Å². The van der Waals surface area contributed by atoms with E-state index in [1.165, 1.54) is 0 Å². The van der Waals surface area contributed by atoms with Gasteiger partial charge in [0, 0.05) is 23.9 Å². The number of hydrogen-bond donors (Lipinski definition) is 3. The van der Waals surface area contributed by atoms with Gasteiger partial charge in [-0.2, -0.15) is 12.6 Å². The van der Waals surface area contributed by atoms with Crippen molar-refractivity contribution < 1.29 is 19.1 Å². The zero-order valence-electron chi connectivity index (χ0n) is 19.9. The highest BCUT2D eigenvalue weighted by molar-refractivity contribution is 7.80. The largest absolute Gasteiger partial charge is 0.444 e. The molecule has 3 amide bonds. The third-order valence-corrected chi connectivity index (χ3v) is 5.48. The van der Waals surface area contributed by atoms with Gasteiger partial charge in [0.05, 0.1) is 0 Å². The Morgan fingerprint density at radius 2 is 1.88 bits per heavy atom. The van der Waals surface area contributed by atoms with Gasteiger partial charge in [0.25, 0.3) is 0 Å². The molecule has 2 rings (SSSR count). The molecule has 2 unspecified atom stereocenters. The van der Waals surface area contributed by atoms with Crippen LogP contribution in [-0.2, 0) is 14.3 Å². The van der Waals surface area contributed by atoms with Crippen LogP contribution >= 0.6 is 12.6 Å². The predicted molar refractivity (Wildman–Crippen MR) is 132 cm³/mol. The van der Waals surface area contributed by atoms with Crippen LogP contribution in [0.1, 0.15) is 70.5 Å². The Hall–Kier alpha value is -2.66. The molecular formula is C25H35N3O4S. The van der Waals surface area contributed by atoms with Gasteiger partial charge in [-0.3, -0.25) is 9.59 Å². The molecule has 0 heterocycles. The molecule has 1 fully saturated rings. The molecule has 0 radical (unpaired) electrons. The summed E-state index contributed by atoms with van der Waals surface area (Å²) in [6, 6.07) is 5.21. The molecule has 7 nitrogen and oxygen atoms in total. The average molecular weight is 474 g/mol. The minimum Gasteiger partial charge on any atom is -0.444 e. The molecule has 33 heavy (non-hydrogen) atoms. The molecule has 0 aliphatic heterocycles. The Kier molecular flexibility index (Phi) is 9.66. The van der Waals surface area contributed by atoms with Crippen molar-refractivity contribution in [3.8, 4) is 12.3 Å². The van der Waals surface area contributed by atoms with Gasteiger partial charge in [0.1, 0.15) is 17.7 Å². The zero-order valence-corrected chi connectivity index (χ0v) is 20.8. The molecule has 2 N–H and O–H groups in total. The maximum absolute atomic E-state index is 13.6. The van der Waals surface area contributed by atoms with E-state index in [4.69, 9.17) is 11.2 Å². The zero-order chi connectivity index (χ0) is 24.6. The maximum Gasteiger partial charge on any atom is 0.408 e. The third-order valence-electron chi connectivity index (χ3n) is 5.12. The van der Waals surface area contributed by atoms with Crippen LogP contribution in [-0.4, -0.2) is 52.8 Å². The van der Waals surface area contributed by atoms with Gasteiger partial charge in [0.2, 0.25) is 11.8 Å². The second-order valence-corrected chi connectivity index (χ2v) is 9.54. The van der Waals surface area contributed by atoms with Gasteiger partial charge in [-0.1, -0.05) is 31.4 Å². The summed E-state index contributed by atoms with van der Waals surface area (Å²) in [6.07, 6.45) is 8.13. The number of nitrogens with zero attached hydrogens (tertiary/aromatic N) is 1. The Bertz CT molecular complexity index is 869. The van der Waals surface area contributed by atoms with Gasteiger partial charge in [-0.05, 0) is 57.7 Å². The summed E-state index contributed by atoms with van der Waals surface area (Å²) in [5, 5.41) is 5.57. The van der Waals surface area contributed by atoms with Crippen molar-refractivity contribution in [3.05, 3.63) is 35.4 Å². The number of carbonyl (C=O) groups is 3. The number of thiol groups is 1. The number of benzene rings is 1. The van der Waals surface area contributed by atoms with Crippen molar-refractivity contribution in [3.63, 3.8) is 0 Å². The van der Waals surface area contributed by atoms with Crippen LogP contribution in [0.25, 0.3) is 0 Å². The van der Waals surface area contributed by atoms with Crippen LogP contribution in [0.4, 0.5) is 4.79 Å². The molecule has 180 valence electrons. The van der Waals surface area contributed by atoms with Crippen molar-refractivity contribution in [2.24, 2.45) is 0 Å². The number of unbranched alkanes of at least 4 members (excludes halogenated alkanes) is 1. The van der Waals surface area contributed by atoms with Crippen molar-refractivity contribution >= 4 is 30.5 Å². The number of ether oxygens (including phenoxy) is 1. The van der Waals surface area contributed by atoms with E-state index in [2.05, 4.69) is 29.2 Å². The van der Waals surface area contributed by atoms with Gasteiger partial charge >= 0.3 is 6.09 Å². The van der Waals surface area contributed by atoms with E-state index in [0.717, 1.165) is 25.7 Å². The van der Waals surface area contributed by atoms with E-state index in [0.29, 0.717) is 17.7 Å². The van der Waals surface area contributed by atoms with E-state index in [-0.39, 0.29) is 23.6 Å². The Morgan fingerprint density at radius 1 is 1.24 bits per heavy atom. The fourth-order valence-electron chi connectivity index (χ4n) is 3.37. The second kappa shape index (κ2) is 12.0. The molecule has 0 spiro atoms. The minimum atomic E-state index is -0.931. The topological polar surface area (TPSA) is 87.7 Å². The van der Waals surface area contributed by atoms with Crippen LogP contribution in [0.5, 0.6) is 0 Å². The van der Waals surface area contributed by atoms with Crippen LogP contribution < -0.4 is 10.6 Å². The molecular weight excluding hydrogens is 438 g/mol. The summed E-state index contributed by atoms with van der Waals surface area (Å²) < 4.78 is 5.31. The Labute approximate surface area is 202 Å². The standard InChI is InChI=1S/C25H35N3O4S/c1-6-8-15-26-22(29)21(18-11-9-17(7-2)10-12-18)28(19-13-14-19)23(30)20(16-33)27-24(31)32-25(3,4)5/h2,9-12,19-21,33H,6,8,13-16H2,1,3-5H3,(H,26,29)(H,27,31). The van der Waals surface area contributed by atoms with Crippen LogP contribution in [0.2, 0.25) is 0 Å². The number of amides is 3. The van der Waals surface area contributed by atoms with Crippen LogP contribution in [0, 0.1) is 12.3 Å². The third kappa shape index (κ3) is 8.01. The Morgan fingerprint density at radius 3 is 2.36 bits per heavy atom. The first-order valence-corrected chi connectivity index (χ1v) is 12.0. The average Bonchev–Trinajstić information content (AvgIpc) is 3.59. The number of rotatable bonds is 10. The number of carbonyl (C=O) groups excluding carboxylic acids is 3. The highest BCUT2D eigenvalue weighted by Crippen LogP contribution is 2.35. The van der Waals surface area contributed by atoms with Gasteiger partial charge < -0.3 is 20.3 Å². The predicted octanol–water partition coefficient (Wildman–Crippen LogP) is 3.44. The lowest BCUT2D eigenvalue weighted by atomic mass is 10.0. The fraction of sp³-hybridized carbons (Fsp3) is 0.560. The number of alkyl carbamates (subject to hydrolysis) is 1. The van der Waals surface area contributed by atoms with Crippen LogP contribution in [0.15, 0.2) is 24.3 Å². The van der Waals surface area contributed by atoms with Crippen molar-refractivity contribution in [2.45, 2.75) is 77.1 Å². The Balaban J connectivity index is 2.34. The van der Waals surface area contributed by atoms with E-state index < -0.39 is 23.8 Å². The van der Waals surface area contributed by atoms with Crippen molar-refractivity contribution in [2.75, 3.05) is 12.3 Å². The summed E-state index contributed by atoms with van der Waals surface area (Å²) in [6.45, 7) is 7.81. The molecule has 1 aliphatic carbocycles. The number of nitrogens with one attached hydrogen (secondary N) is 2. The van der Waals surface area contributed by atoms with E-state index >= 15 is 0 Å². The monoisotopic (exact) mass is 473 g/mol. The molecule has 0 bridgehead atoms. The second-order valence-electron chi connectivity index (χ2n) is 9.17. The molecule has 8 heteroatoms. The summed E-state index contributed by atoms with van der Waals surface area (Å²) in [4.78, 5) is 40.8. The smallest absolute Gasteiger partial charge is 0.408 e. The molecule has 0 saturated heterocycles. The number of hydrogen-bond acceptors (Lipinski definition) is 5. The molecule has 2 atom stereocenters. The van der Waals surface area contributed by atoms with Crippen molar-refractivity contribution in [1.29, 1.82) is 0 Å². The minimum absolute atomic E-state index is 0.0709. The molecule has 1 saturated carbocycles. The SMILES string of the molecule is C#Cc1ccc(C(C(=O)NCCCC)N(C(=O)C(CS)NC(=O)OC(C)(C)C)C2CC2)cc1. The summed E-state index contributed by atoms with van der Waals surface area (Å²) in [5.41, 5.74) is 0.650. The lowest BCUT2D eigenvalue weighted by Crippen LogP contribution is -2.54. The molecule has 1 aromatic carbocycles. The summed E-state index contributed by atoms with van der Waals surface area (Å²) in [5.74, 6) is 2.01. The molecule has 1 aliphatic rings. The lowest BCUT2D eigenvalue weighted by Gasteiger charge is -2.34. The van der Waals surface area contributed by atoms with Gasteiger partial charge in [-0.25, -0.2) is 4.79 Å². The van der Waals surface area contributed by atoms with Crippen LogP contribution in [0.3, 0.4) is 0 Å². The summed E-state index contributed by atoms with van der Waals surface area (Å²) >= 11 is 4.29. The summed E-state index contributed by atoms with van der Waals surface area (Å²) in [7, 11) is 0. The van der Waals surface area contributed by atoms with E-state index in [9.17, 15) is 14.4 Å². The maximum atomic E-state index is 13.6. The highest BCUT2D eigenvalue weighted by atomic mass is 32.1. The molecule has 0 aromatic heterocycles. The van der Waals surface area contributed by atoms with Crippen molar-refractivity contribution in [1.82, 2.24) is 15.5 Å². The quantitative estimate of drug-likeness (QED) is 0.276. The fourth-order valence-corrected chi connectivity index (χ4v) is 3.62. The molecule has 1 aromatic rings.